The normalized spacial score (nSPS) is 12.2. The lowest BCUT2D eigenvalue weighted by Crippen LogP contribution is -2.20. The molecule has 2 N–H and O–H groups in total. The number of hydrogen-bond acceptors (Lipinski definition) is 4. The van der Waals surface area contributed by atoms with Crippen molar-refractivity contribution in [3.63, 3.8) is 0 Å². The molecule has 0 saturated heterocycles. The minimum atomic E-state index is -0.988. The number of para-hydroxylation sites is 2. The largest absolute Gasteiger partial charge is 0.479 e. The molecule has 0 radical (unpaired) electrons. The standard InChI is InChI=1S/C15H12N2O3/c18-14(19)13(10-6-2-1-3-7-10)17-15-16-11-8-4-5-9-12(11)20-15/h1-9,13H,(H,16,17)(H,18,19). The zero-order chi connectivity index (χ0) is 13.9. The monoisotopic (exact) mass is 268 g/mol. The van der Waals surface area contributed by atoms with E-state index in [2.05, 4.69) is 10.3 Å². The molecule has 1 aromatic heterocycles. The van der Waals surface area contributed by atoms with Crippen LogP contribution in [0.25, 0.3) is 11.1 Å². The molecule has 5 nitrogen and oxygen atoms in total. The first-order valence-electron chi connectivity index (χ1n) is 6.14. The molecule has 20 heavy (non-hydrogen) atoms. The molecule has 0 spiro atoms. The third kappa shape index (κ3) is 2.33. The van der Waals surface area contributed by atoms with E-state index < -0.39 is 12.0 Å². The molecule has 1 atom stereocenters. The first-order chi connectivity index (χ1) is 9.74. The Hall–Kier alpha value is -2.82. The van der Waals surface area contributed by atoms with Gasteiger partial charge >= 0.3 is 5.97 Å². The molecule has 0 aliphatic carbocycles. The summed E-state index contributed by atoms with van der Waals surface area (Å²) in [6.07, 6.45) is 0. The van der Waals surface area contributed by atoms with E-state index in [0.717, 1.165) is 0 Å². The summed E-state index contributed by atoms with van der Waals surface area (Å²) in [5.74, 6) is -0.988. The number of rotatable bonds is 4. The number of carboxylic acid groups (broad SMARTS) is 1. The van der Waals surface area contributed by atoms with Crippen LogP contribution in [-0.2, 0) is 4.79 Å². The predicted molar refractivity (Wildman–Crippen MR) is 74.5 cm³/mol. The van der Waals surface area contributed by atoms with Gasteiger partial charge in [0.15, 0.2) is 11.6 Å². The van der Waals surface area contributed by atoms with Crippen LogP contribution in [0.2, 0.25) is 0 Å². The molecule has 2 aromatic carbocycles. The van der Waals surface area contributed by atoms with E-state index in [1.165, 1.54) is 0 Å². The summed E-state index contributed by atoms with van der Waals surface area (Å²) in [6, 6.07) is 15.5. The van der Waals surface area contributed by atoms with E-state index in [4.69, 9.17) is 4.42 Å². The molecule has 1 unspecified atom stereocenters. The van der Waals surface area contributed by atoms with Gasteiger partial charge in [0.05, 0.1) is 0 Å². The van der Waals surface area contributed by atoms with Crippen molar-refractivity contribution in [1.29, 1.82) is 0 Å². The highest BCUT2D eigenvalue weighted by molar-refractivity contribution is 5.80. The summed E-state index contributed by atoms with van der Waals surface area (Å²) in [6.45, 7) is 0. The molecule has 0 aliphatic heterocycles. The summed E-state index contributed by atoms with van der Waals surface area (Å²) in [5.41, 5.74) is 1.95. The number of fused-ring (bicyclic) bond motifs is 1. The number of nitrogens with one attached hydrogen (secondary N) is 1. The maximum absolute atomic E-state index is 11.4. The number of aliphatic carboxylic acids is 1. The van der Waals surface area contributed by atoms with Gasteiger partial charge in [-0.25, -0.2) is 4.79 Å². The zero-order valence-corrected chi connectivity index (χ0v) is 10.5. The Morgan fingerprint density at radius 2 is 1.80 bits per heavy atom. The van der Waals surface area contributed by atoms with Crippen LogP contribution in [0.4, 0.5) is 6.01 Å². The Morgan fingerprint density at radius 1 is 1.10 bits per heavy atom. The Balaban J connectivity index is 1.92. The fourth-order valence-electron chi connectivity index (χ4n) is 1.99. The highest BCUT2D eigenvalue weighted by atomic mass is 16.4. The molecule has 0 bridgehead atoms. The van der Waals surface area contributed by atoms with Crippen molar-refractivity contribution < 1.29 is 14.3 Å². The van der Waals surface area contributed by atoms with Gasteiger partial charge in [-0.1, -0.05) is 42.5 Å². The number of carbonyl (C=O) groups is 1. The van der Waals surface area contributed by atoms with Crippen LogP contribution >= 0.6 is 0 Å². The fraction of sp³-hybridized carbons (Fsp3) is 0.0667. The quantitative estimate of drug-likeness (QED) is 0.760. The summed E-state index contributed by atoms with van der Waals surface area (Å²) in [4.78, 5) is 15.6. The van der Waals surface area contributed by atoms with Crippen LogP contribution in [0.5, 0.6) is 0 Å². The van der Waals surface area contributed by atoms with Crippen molar-refractivity contribution in [2.75, 3.05) is 5.32 Å². The van der Waals surface area contributed by atoms with E-state index in [1.54, 1.807) is 30.3 Å². The average molecular weight is 268 g/mol. The number of hydrogen-bond donors (Lipinski definition) is 2. The van der Waals surface area contributed by atoms with Crippen LogP contribution in [-0.4, -0.2) is 16.1 Å². The number of nitrogens with zero attached hydrogens (tertiary/aromatic N) is 1. The van der Waals surface area contributed by atoms with Crippen LogP contribution in [0.1, 0.15) is 11.6 Å². The Bertz CT molecular complexity index is 704. The lowest BCUT2D eigenvalue weighted by atomic mass is 10.1. The second-order valence-electron chi connectivity index (χ2n) is 4.31. The van der Waals surface area contributed by atoms with E-state index in [1.807, 2.05) is 24.3 Å². The van der Waals surface area contributed by atoms with Crippen LogP contribution in [0.3, 0.4) is 0 Å². The van der Waals surface area contributed by atoms with E-state index in [-0.39, 0.29) is 6.01 Å². The Labute approximate surface area is 114 Å². The second-order valence-corrected chi connectivity index (χ2v) is 4.31. The molecule has 0 fully saturated rings. The minimum Gasteiger partial charge on any atom is -0.479 e. The topological polar surface area (TPSA) is 75.4 Å². The van der Waals surface area contributed by atoms with Crippen molar-refractivity contribution in [3.8, 4) is 0 Å². The third-order valence-electron chi connectivity index (χ3n) is 2.94. The summed E-state index contributed by atoms with van der Waals surface area (Å²) < 4.78 is 5.48. The predicted octanol–water partition coefficient (Wildman–Crippen LogP) is 3.07. The molecule has 0 amide bonds. The Kier molecular flexibility index (Phi) is 3.09. The molecule has 100 valence electrons. The SMILES string of the molecule is O=C(O)C(Nc1nc2ccccc2o1)c1ccccc1. The van der Waals surface area contributed by atoms with Gasteiger partial charge < -0.3 is 14.8 Å². The number of oxazole rings is 1. The number of benzene rings is 2. The van der Waals surface area contributed by atoms with Gasteiger partial charge in [-0.3, -0.25) is 0 Å². The van der Waals surface area contributed by atoms with Gasteiger partial charge in [-0.2, -0.15) is 4.98 Å². The van der Waals surface area contributed by atoms with Gasteiger partial charge in [0, 0.05) is 0 Å². The van der Waals surface area contributed by atoms with Gasteiger partial charge in [0.25, 0.3) is 6.01 Å². The first kappa shape index (κ1) is 12.2. The molecule has 0 saturated carbocycles. The lowest BCUT2D eigenvalue weighted by Gasteiger charge is -2.12. The van der Waals surface area contributed by atoms with Gasteiger partial charge in [-0.15, -0.1) is 0 Å². The smallest absolute Gasteiger partial charge is 0.330 e. The number of aromatic nitrogens is 1. The lowest BCUT2D eigenvalue weighted by molar-refractivity contribution is -0.138. The van der Waals surface area contributed by atoms with Crippen LogP contribution in [0, 0.1) is 0 Å². The van der Waals surface area contributed by atoms with Crippen molar-refractivity contribution in [2.45, 2.75) is 6.04 Å². The van der Waals surface area contributed by atoms with Crippen molar-refractivity contribution in [1.82, 2.24) is 4.98 Å². The van der Waals surface area contributed by atoms with Crippen LogP contribution in [0.15, 0.2) is 59.0 Å². The summed E-state index contributed by atoms with van der Waals surface area (Å²) >= 11 is 0. The van der Waals surface area contributed by atoms with Crippen molar-refractivity contribution >= 4 is 23.1 Å². The van der Waals surface area contributed by atoms with Crippen molar-refractivity contribution in [3.05, 3.63) is 60.2 Å². The maximum atomic E-state index is 11.4. The van der Waals surface area contributed by atoms with Gasteiger partial charge in [-0.05, 0) is 17.7 Å². The maximum Gasteiger partial charge on any atom is 0.330 e. The summed E-state index contributed by atoms with van der Waals surface area (Å²) in [5, 5.41) is 12.1. The molecule has 1 heterocycles. The van der Waals surface area contributed by atoms with Gasteiger partial charge in [0.1, 0.15) is 5.52 Å². The highest BCUT2D eigenvalue weighted by Gasteiger charge is 2.21. The molecule has 3 aromatic rings. The highest BCUT2D eigenvalue weighted by Crippen LogP contribution is 2.23. The molecule has 3 rings (SSSR count). The minimum absolute atomic E-state index is 0.197. The molecular weight excluding hydrogens is 256 g/mol. The number of anilines is 1. The van der Waals surface area contributed by atoms with E-state index in [9.17, 15) is 9.90 Å². The van der Waals surface area contributed by atoms with Crippen LogP contribution < -0.4 is 5.32 Å². The first-order valence-corrected chi connectivity index (χ1v) is 6.14. The molecule has 5 heteroatoms. The van der Waals surface area contributed by atoms with Crippen molar-refractivity contribution in [2.24, 2.45) is 0 Å². The molecule has 0 aliphatic rings. The summed E-state index contributed by atoms with van der Waals surface area (Å²) in [7, 11) is 0. The third-order valence-corrected chi connectivity index (χ3v) is 2.94. The average Bonchev–Trinajstić information content (AvgIpc) is 2.88. The molecular formula is C15H12N2O3. The Morgan fingerprint density at radius 3 is 2.50 bits per heavy atom. The van der Waals surface area contributed by atoms with E-state index in [0.29, 0.717) is 16.7 Å². The fourth-order valence-corrected chi connectivity index (χ4v) is 1.99. The second kappa shape index (κ2) is 5.05. The zero-order valence-electron chi connectivity index (χ0n) is 10.5. The van der Waals surface area contributed by atoms with Gasteiger partial charge in [0.2, 0.25) is 0 Å². The van der Waals surface area contributed by atoms with E-state index >= 15 is 0 Å². The number of carboxylic acids is 1.